The Labute approximate surface area is 460 Å². The first-order chi connectivity index (χ1) is 35.7. The predicted molar refractivity (Wildman–Crippen MR) is 326 cm³/mol. The maximum atomic E-state index is 12.6. The molecule has 0 fully saturated rings. The monoisotopic (exact) mass is 1040 g/mol. The van der Waals surface area contributed by atoms with Crippen LogP contribution in [0.2, 0.25) is 0 Å². The summed E-state index contributed by atoms with van der Waals surface area (Å²) in [5.74, 6) is -1.15. The molecular formula is C68H138O5. The molecule has 1 unspecified atom stereocenters. The maximum Gasteiger partial charge on any atom is 0.309 e. The van der Waals surface area contributed by atoms with Gasteiger partial charge in [0, 0.05) is 6.42 Å². The second-order valence-corrected chi connectivity index (χ2v) is 23.5. The van der Waals surface area contributed by atoms with Crippen molar-refractivity contribution < 1.29 is 24.9 Å². The zero-order valence-corrected chi connectivity index (χ0v) is 51.2. The number of aliphatic carboxylic acids is 2. The molecule has 5 nitrogen and oxygen atoms in total. The van der Waals surface area contributed by atoms with Crippen molar-refractivity contribution in [3.63, 3.8) is 0 Å². The van der Waals surface area contributed by atoms with Crippen molar-refractivity contribution in [2.45, 2.75) is 420 Å². The van der Waals surface area contributed by atoms with Gasteiger partial charge in [0.05, 0.1) is 11.5 Å². The molecule has 0 aromatic carbocycles. The summed E-state index contributed by atoms with van der Waals surface area (Å²) in [4.78, 5) is 22.8. The van der Waals surface area contributed by atoms with Crippen LogP contribution in [0.1, 0.15) is 414 Å². The summed E-state index contributed by atoms with van der Waals surface area (Å²) in [6.45, 7) is 13.6. The molecule has 0 aromatic rings. The largest absolute Gasteiger partial charge is 0.481 e. The molecule has 0 radical (unpaired) electrons. The van der Waals surface area contributed by atoms with E-state index in [9.17, 15) is 19.8 Å². The quantitative estimate of drug-likeness (QED) is 0.0528. The number of hydrogen-bond donors (Lipinski definition) is 3. The molecule has 3 N–H and O–H groups in total. The van der Waals surface area contributed by atoms with E-state index >= 15 is 0 Å². The average molecular weight is 1040 g/mol. The van der Waals surface area contributed by atoms with Gasteiger partial charge < -0.3 is 15.3 Å². The lowest BCUT2D eigenvalue weighted by Gasteiger charge is -2.30. The van der Waals surface area contributed by atoms with Crippen molar-refractivity contribution >= 4 is 11.9 Å². The molecular weight excluding hydrogens is 897 g/mol. The molecule has 0 aliphatic heterocycles. The SMILES string of the molecule is CCCCCCCCCCCC(O)CCCCCCCC.CCCCCCCCCCCCC(CCCCCCCC)(CCCCCCCCCCCC)C(=O)O.CCCCCCCCCCCCCC(=O)O. The fourth-order valence-electron chi connectivity index (χ4n) is 10.8. The molecule has 0 heterocycles. The molecule has 73 heavy (non-hydrogen) atoms. The Morgan fingerprint density at radius 2 is 0.452 bits per heavy atom. The molecule has 0 amide bonds. The fraction of sp³-hybridized carbons (Fsp3) is 0.971. The lowest BCUT2D eigenvalue weighted by Crippen LogP contribution is -2.31. The molecule has 0 bridgehead atoms. The van der Waals surface area contributed by atoms with E-state index in [1.54, 1.807) is 0 Å². The molecule has 0 saturated carbocycles. The molecule has 0 aliphatic carbocycles. The minimum Gasteiger partial charge on any atom is -0.481 e. The summed E-state index contributed by atoms with van der Waals surface area (Å²) >= 11 is 0. The van der Waals surface area contributed by atoms with E-state index in [2.05, 4.69) is 41.5 Å². The summed E-state index contributed by atoms with van der Waals surface area (Å²) in [5.41, 5.74) is -0.453. The first-order valence-corrected chi connectivity index (χ1v) is 33.8. The lowest BCUT2D eigenvalue weighted by molar-refractivity contribution is -0.151. The van der Waals surface area contributed by atoms with Crippen LogP contribution < -0.4 is 0 Å². The van der Waals surface area contributed by atoms with Crippen LogP contribution in [0.15, 0.2) is 0 Å². The summed E-state index contributed by atoms with van der Waals surface area (Å²) in [5, 5.41) is 28.8. The van der Waals surface area contributed by atoms with Gasteiger partial charge >= 0.3 is 11.9 Å². The van der Waals surface area contributed by atoms with E-state index in [4.69, 9.17) is 5.11 Å². The number of carboxylic acids is 2. The highest BCUT2D eigenvalue weighted by Crippen LogP contribution is 2.38. The van der Waals surface area contributed by atoms with E-state index in [0.717, 1.165) is 64.2 Å². The topological polar surface area (TPSA) is 94.8 Å². The van der Waals surface area contributed by atoms with Gasteiger partial charge in [0.15, 0.2) is 0 Å². The summed E-state index contributed by atoms with van der Waals surface area (Å²) in [6.07, 6.45) is 73.3. The Morgan fingerprint density at radius 3 is 0.644 bits per heavy atom. The Kier molecular flexibility index (Phi) is 69.9. The van der Waals surface area contributed by atoms with E-state index in [-0.39, 0.29) is 6.10 Å². The van der Waals surface area contributed by atoms with Crippen LogP contribution in [0.25, 0.3) is 0 Å². The molecule has 5 heteroatoms. The van der Waals surface area contributed by atoms with Gasteiger partial charge in [-0.3, -0.25) is 9.59 Å². The van der Waals surface area contributed by atoms with E-state index in [1.807, 2.05) is 0 Å². The summed E-state index contributed by atoms with van der Waals surface area (Å²) < 4.78 is 0. The Hall–Kier alpha value is -1.10. The minimum atomic E-state index is -0.657. The summed E-state index contributed by atoms with van der Waals surface area (Å²) in [6, 6.07) is 0. The molecule has 0 rings (SSSR count). The van der Waals surface area contributed by atoms with Gasteiger partial charge in [0.1, 0.15) is 0 Å². The van der Waals surface area contributed by atoms with E-state index in [0.29, 0.717) is 6.42 Å². The normalized spacial score (nSPS) is 11.8. The Balaban J connectivity index is -0.00000112. The summed E-state index contributed by atoms with van der Waals surface area (Å²) in [7, 11) is 0. The van der Waals surface area contributed by atoms with Crippen LogP contribution in [0.4, 0.5) is 0 Å². The highest BCUT2D eigenvalue weighted by atomic mass is 16.4. The number of carboxylic acid groups (broad SMARTS) is 2. The lowest BCUT2D eigenvalue weighted by atomic mass is 9.74. The number of rotatable bonds is 59. The highest BCUT2D eigenvalue weighted by molar-refractivity contribution is 5.74. The average Bonchev–Trinajstić information content (AvgIpc) is 3.38. The first-order valence-electron chi connectivity index (χ1n) is 33.8. The molecule has 0 aromatic heterocycles. The third kappa shape index (κ3) is 65.1. The maximum absolute atomic E-state index is 12.6. The van der Waals surface area contributed by atoms with E-state index in [1.165, 1.54) is 302 Å². The van der Waals surface area contributed by atoms with Gasteiger partial charge in [0.2, 0.25) is 0 Å². The van der Waals surface area contributed by atoms with E-state index < -0.39 is 17.4 Å². The van der Waals surface area contributed by atoms with Crippen molar-refractivity contribution in [1.82, 2.24) is 0 Å². The van der Waals surface area contributed by atoms with Crippen LogP contribution in [-0.2, 0) is 9.59 Å². The van der Waals surface area contributed by atoms with Crippen molar-refractivity contribution in [2.75, 3.05) is 0 Å². The van der Waals surface area contributed by atoms with Gasteiger partial charge in [0.25, 0.3) is 0 Å². The van der Waals surface area contributed by atoms with Gasteiger partial charge in [-0.15, -0.1) is 0 Å². The minimum absolute atomic E-state index is 0.0271. The van der Waals surface area contributed by atoms with Crippen LogP contribution in [-0.4, -0.2) is 33.4 Å². The van der Waals surface area contributed by atoms with Gasteiger partial charge in [-0.2, -0.15) is 0 Å². The molecule has 1 atom stereocenters. The molecule has 440 valence electrons. The van der Waals surface area contributed by atoms with Gasteiger partial charge in [-0.05, 0) is 38.5 Å². The third-order valence-electron chi connectivity index (χ3n) is 16.0. The number of aliphatic hydroxyl groups excluding tert-OH is 1. The number of hydrogen-bond acceptors (Lipinski definition) is 3. The third-order valence-corrected chi connectivity index (χ3v) is 16.0. The van der Waals surface area contributed by atoms with Crippen molar-refractivity contribution in [3.8, 4) is 0 Å². The second-order valence-electron chi connectivity index (χ2n) is 23.5. The van der Waals surface area contributed by atoms with Crippen molar-refractivity contribution in [2.24, 2.45) is 5.41 Å². The smallest absolute Gasteiger partial charge is 0.309 e. The Bertz CT molecular complexity index is 988. The van der Waals surface area contributed by atoms with Gasteiger partial charge in [-0.1, -0.05) is 369 Å². The molecule has 0 spiro atoms. The van der Waals surface area contributed by atoms with Crippen LogP contribution in [0.3, 0.4) is 0 Å². The Morgan fingerprint density at radius 1 is 0.274 bits per heavy atom. The van der Waals surface area contributed by atoms with Crippen molar-refractivity contribution in [3.05, 3.63) is 0 Å². The van der Waals surface area contributed by atoms with Crippen LogP contribution >= 0.6 is 0 Å². The highest BCUT2D eigenvalue weighted by Gasteiger charge is 2.36. The van der Waals surface area contributed by atoms with Crippen LogP contribution in [0, 0.1) is 5.41 Å². The number of unbranched alkanes of at least 4 members (excludes halogenated alkanes) is 46. The zero-order valence-electron chi connectivity index (χ0n) is 51.2. The molecule has 0 aliphatic rings. The zero-order chi connectivity index (χ0) is 54.2. The van der Waals surface area contributed by atoms with Crippen LogP contribution in [0.5, 0.6) is 0 Å². The van der Waals surface area contributed by atoms with Crippen molar-refractivity contribution in [1.29, 1.82) is 0 Å². The first kappa shape index (κ1) is 76.1. The predicted octanol–water partition coefficient (Wildman–Crippen LogP) is 24.2. The number of carbonyl (C=O) groups is 2. The fourth-order valence-corrected chi connectivity index (χ4v) is 10.8. The van der Waals surface area contributed by atoms with Gasteiger partial charge in [-0.25, -0.2) is 0 Å². The standard InChI is InChI=1S/C34H68O2.C20H42O.C14H28O2/c1-4-7-10-13-16-18-20-22-25-28-31-34(33(35)36,30-27-24-15-12-9-6-3)32-29-26-23-21-19-17-14-11-8-5-2;1-3-5-7-9-11-12-13-15-17-19-20(21)18-16-14-10-8-6-4-2;1-2-3-4-5-6-7-8-9-10-11-12-13-14(15)16/h4-32H2,1-3H3,(H,35,36);20-21H,3-19H2,1-2H3;2-13H2,1H3,(H,15,16). The number of aliphatic hydroxyl groups is 1. The second kappa shape index (κ2) is 67.0. The molecule has 0 saturated heterocycles.